The van der Waals surface area contributed by atoms with Crippen molar-refractivity contribution in [3.8, 4) is 0 Å². The fraction of sp³-hybridized carbons (Fsp3) is 0.250. The van der Waals surface area contributed by atoms with E-state index in [2.05, 4.69) is 25.9 Å². The number of rotatable bonds is 8. The van der Waals surface area contributed by atoms with E-state index in [-0.39, 0.29) is 18.8 Å². The third kappa shape index (κ3) is 5.03. The van der Waals surface area contributed by atoms with Gasteiger partial charge in [-0.05, 0) is 12.1 Å². The highest BCUT2D eigenvalue weighted by molar-refractivity contribution is 6.43. The number of amides is 1. The van der Waals surface area contributed by atoms with Gasteiger partial charge in [0.15, 0.2) is 5.69 Å². The van der Waals surface area contributed by atoms with E-state index in [0.29, 0.717) is 5.82 Å². The maximum Gasteiger partial charge on any atom is 0.477 e. The minimum Gasteiger partial charge on any atom is -0.476 e. The topological polar surface area (TPSA) is 162 Å². The van der Waals surface area contributed by atoms with Crippen molar-refractivity contribution in [2.75, 3.05) is 11.9 Å². The lowest BCUT2D eigenvalue weighted by molar-refractivity contribution is -0.119. The normalized spacial score (nSPS) is 11.6. The second-order valence-electron chi connectivity index (χ2n) is 4.79. The van der Waals surface area contributed by atoms with Crippen molar-refractivity contribution in [1.29, 1.82) is 0 Å². The van der Waals surface area contributed by atoms with Crippen LogP contribution in [0.5, 0.6) is 0 Å². The van der Waals surface area contributed by atoms with Crippen LogP contribution in [0.1, 0.15) is 10.5 Å². The zero-order chi connectivity index (χ0) is 17.5. The number of pyridine rings is 1. The van der Waals surface area contributed by atoms with Gasteiger partial charge >= 0.3 is 13.1 Å². The molecule has 0 radical (unpaired) electrons. The van der Waals surface area contributed by atoms with Gasteiger partial charge in [0.1, 0.15) is 5.82 Å². The summed E-state index contributed by atoms with van der Waals surface area (Å²) in [4.78, 5) is 26.6. The molecule has 2 aromatic heterocycles. The molecule has 24 heavy (non-hydrogen) atoms. The van der Waals surface area contributed by atoms with Crippen LogP contribution in [0.25, 0.3) is 0 Å². The van der Waals surface area contributed by atoms with E-state index in [9.17, 15) is 19.6 Å². The second kappa shape index (κ2) is 8.03. The van der Waals surface area contributed by atoms with Gasteiger partial charge in [-0.15, -0.1) is 5.10 Å². The van der Waals surface area contributed by atoms with Gasteiger partial charge in [0.25, 0.3) is 0 Å². The zero-order valence-corrected chi connectivity index (χ0v) is 12.4. The Balaban J connectivity index is 1.90. The Bertz CT molecular complexity index is 694. The predicted molar refractivity (Wildman–Crippen MR) is 81.8 cm³/mol. The summed E-state index contributed by atoms with van der Waals surface area (Å²) in [7, 11) is -1.86. The van der Waals surface area contributed by atoms with Gasteiger partial charge < -0.3 is 25.8 Å². The highest BCUT2D eigenvalue weighted by atomic mass is 16.4. The molecule has 1 amide bonds. The Labute approximate surface area is 136 Å². The quantitative estimate of drug-likeness (QED) is 0.343. The fourth-order valence-electron chi connectivity index (χ4n) is 1.80. The molecule has 0 aliphatic carbocycles. The van der Waals surface area contributed by atoms with Gasteiger partial charge in [0.05, 0.1) is 25.2 Å². The Morgan fingerprint density at radius 2 is 2.12 bits per heavy atom. The summed E-state index contributed by atoms with van der Waals surface area (Å²) in [6.07, 6.45) is 2.68. The van der Waals surface area contributed by atoms with Crippen LogP contribution in [-0.2, 0) is 11.3 Å². The fourth-order valence-corrected chi connectivity index (χ4v) is 1.80. The smallest absolute Gasteiger partial charge is 0.476 e. The summed E-state index contributed by atoms with van der Waals surface area (Å²) >= 11 is 0. The minimum atomic E-state index is -1.86. The Morgan fingerprint density at radius 3 is 2.71 bits per heavy atom. The van der Waals surface area contributed by atoms with Gasteiger partial charge in [0, 0.05) is 6.20 Å². The summed E-state index contributed by atoms with van der Waals surface area (Å²) in [5.74, 6) is -2.36. The minimum absolute atomic E-state index is 0.127. The standard InChI is InChI=1S/C12H15BN6O5/c20-11(5-15-10-3-1-2-4-14-10)16-9(13(23)24)7-19-6-8(12(21)22)17-18-19/h1-4,6,9,23-24H,5,7H2,(H,14,15)(H,16,20)(H,21,22). The van der Waals surface area contributed by atoms with Crippen LogP contribution in [0, 0.1) is 0 Å². The molecule has 0 spiro atoms. The van der Waals surface area contributed by atoms with Gasteiger partial charge in [-0.1, -0.05) is 11.3 Å². The molecule has 0 saturated carbocycles. The number of nitrogens with one attached hydrogen (secondary N) is 2. The molecule has 1 unspecified atom stereocenters. The predicted octanol–water partition coefficient (Wildman–Crippen LogP) is -2.02. The molecule has 126 valence electrons. The molecule has 0 aromatic carbocycles. The van der Waals surface area contributed by atoms with Gasteiger partial charge in [-0.3, -0.25) is 9.48 Å². The second-order valence-corrected chi connectivity index (χ2v) is 4.79. The summed E-state index contributed by atoms with van der Waals surface area (Å²) in [6.45, 7) is -0.286. The van der Waals surface area contributed by atoms with E-state index >= 15 is 0 Å². The van der Waals surface area contributed by atoms with E-state index in [1.165, 1.54) is 0 Å². The van der Waals surface area contributed by atoms with Crippen LogP contribution in [-0.4, -0.2) is 66.6 Å². The van der Waals surface area contributed by atoms with Crippen LogP contribution in [0.2, 0.25) is 0 Å². The van der Waals surface area contributed by atoms with E-state index in [0.717, 1.165) is 10.9 Å². The third-order valence-electron chi connectivity index (χ3n) is 2.94. The van der Waals surface area contributed by atoms with Crippen molar-refractivity contribution in [2.24, 2.45) is 0 Å². The zero-order valence-electron chi connectivity index (χ0n) is 12.4. The van der Waals surface area contributed by atoms with Crippen LogP contribution in [0.3, 0.4) is 0 Å². The third-order valence-corrected chi connectivity index (χ3v) is 2.94. The van der Waals surface area contributed by atoms with Gasteiger partial charge in [-0.2, -0.15) is 0 Å². The highest BCUT2D eigenvalue weighted by Crippen LogP contribution is 2.00. The number of hydrogen-bond acceptors (Lipinski definition) is 8. The first-order valence-electron chi connectivity index (χ1n) is 6.89. The molecule has 0 fully saturated rings. The van der Waals surface area contributed by atoms with Gasteiger partial charge in [-0.25, -0.2) is 9.78 Å². The van der Waals surface area contributed by atoms with E-state index in [4.69, 9.17) is 5.11 Å². The Morgan fingerprint density at radius 1 is 1.33 bits per heavy atom. The molecular weight excluding hydrogens is 319 g/mol. The van der Waals surface area contributed by atoms with Gasteiger partial charge in [0.2, 0.25) is 5.91 Å². The first-order valence-corrected chi connectivity index (χ1v) is 6.89. The lowest BCUT2D eigenvalue weighted by Crippen LogP contribution is -2.50. The molecule has 11 nitrogen and oxygen atoms in total. The summed E-state index contributed by atoms with van der Waals surface area (Å²) in [5, 5.41) is 39.6. The largest absolute Gasteiger partial charge is 0.477 e. The van der Waals surface area contributed by atoms with E-state index < -0.39 is 24.9 Å². The van der Waals surface area contributed by atoms with E-state index in [1.807, 2.05) is 0 Å². The number of carboxylic acid groups (broad SMARTS) is 1. The van der Waals surface area contributed by atoms with Crippen LogP contribution in [0.4, 0.5) is 5.82 Å². The molecule has 1 atom stereocenters. The summed E-state index contributed by atoms with van der Waals surface area (Å²) in [6, 6.07) is 5.15. The first kappa shape index (κ1) is 17.4. The molecule has 2 rings (SSSR count). The van der Waals surface area contributed by atoms with Crippen molar-refractivity contribution in [2.45, 2.75) is 12.5 Å². The van der Waals surface area contributed by atoms with Crippen molar-refractivity contribution in [3.05, 3.63) is 36.3 Å². The first-order chi connectivity index (χ1) is 11.5. The lowest BCUT2D eigenvalue weighted by atomic mass is 9.79. The molecule has 12 heteroatoms. The molecule has 5 N–H and O–H groups in total. The van der Waals surface area contributed by atoms with E-state index in [1.54, 1.807) is 24.4 Å². The lowest BCUT2D eigenvalue weighted by Gasteiger charge is -2.17. The highest BCUT2D eigenvalue weighted by Gasteiger charge is 2.26. The van der Waals surface area contributed by atoms with Crippen LogP contribution >= 0.6 is 0 Å². The molecule has 0 saturated heterocycles. The molecular formula is C12H15BN6O5. The maximum atomic E-state index is 11.9. The van der Waals surface area contributed by atoms with Crippen molar-refractivity contribution >= 4 is 24.8 Å². The van der Waals surface area contributed by atoms with Crippen molar-refractivity contribution in [3.63, 3.8) is 0 Å². The number of aromatic carboxylic acids is 1. The summed E-state index contributed by atoms with van der Waals surface area (Å²) in [5.41, 5.74) is -0.288. The Hall–Kier alpha value is -2.99. The maximum absolute atomic E-state index is 11.9. The Kier molecular flexibility index (Phi) is 5.81. The van der Waals surface area contributed by atoms with Crippen LogP contribution < -0.4 is 10.6 Å². The molecule has 2 aromatic rings. The SMILES string of the molecule is O=C(CNc1ccccn1)NC(Cn1cc(C(=O)O)nn1)B(O)O. The van der Waals surface area contributed by atoms with Crippen molar-refractivity contribution in [1.82, 2.24) is 25.3 Å². The molecule has 0 aliphatic heterocycles. The number of aromatic nitrogens is 4. The number of carbonyl (C=O) groups excluding carboxylic acids is 1. The molecule has 0 aliphatic rings. The molecule has 2 heterocycles. The average molecular weight is 334 g/mol. The number of hydrogen-bond donors (Lipinski definition) is 5. The van der Waals surface area contributed by atoms with Crippen molar-refractivity contribution < 1.29 is 24.7 Å². The molecule has 0 bridgehead atoms. The van der Waals surface area contributed by atoms with Crippen LogP contribution in [0.15, 0.2) is 30.6 Å². The number of nitrogens with zero attached hydrogens (tertiary/aromatic N) is 4. The number of carboxylic acids is 1. The average Bonchev–Trinajstić information content (AvgIpc) is 3.02. The number of carbonyl (C=O) groups is 2. The summed E-state index contributed by atoms with van der Waals surface area (Å²) < 4.78 is 1.10. The number of anilines is 1. The monoisotopic (exact) mass is 334 g/mol.